The molecule has 6 heteroatoms. The smallest absolute Gasteiger partial charge is 0.234 e. The number of thioether (sulfide) groups is 1. The van der Waals surface area contributed by atoms with Gasteiger partial charge in [-0.2, -0.15) is 5.26 Å². The van der Waals surface area contributed by atoms with E-state index in [0.29, 0.717) is 0 Å². The normalized spacial score (nSPS) is 16.5. The van der Waals surface area contributed by atoms with Crippen molar-refractivity contribution in [3.8, 4) is 17.3 Å². The van der Waals surface area contributed by atoms with Crippen LogP contribution in [0.1, 0.15) is 39.0 Å². The Balaban J connectivity index is 1.58. The third-order valence-corrected chi connectivity index (χ3v) is 6.73. The number of hydrogen-bond donors (Lipinski definition) is 1. The van der Waals surface area contributed by atoms with Crippen LogP contribution in [0.5, 0.6) is 0 Å². The summed E-state index contributed by atoms with van der Waals surface area (Å²) in [6.45, 7) is 1.86. The summed E-state index contributed by atoms with van der Waals surface area (Å²) in [7, 11) is 0. The molecule has 1 saturated carbocycles. The van der Waals surface area contributed by atoms with E-state index in [2.05, 4.69) is 21.6 Å². The summed E-state index contributed by atoms with van der Waals surface area (Å²) in [5.74, 6) is -0.124. The zero-order valence-corrected chi connectivity index (χ0v) is 17.8. The summed E-state index contributed by atoms with van der Waals surface area (Å²) in [5, 5.41) is 23.9. The highest BCUT2D eigenvalue weighted by Crippen LogP contribution is 2.34. The van der Waals surface area contributed by atoms with E-state index in [1.54, 1.807) is 0 Å². The lowest BCUT2D eigenvalue weighted by Gasteiger charge is -2.32. The molecule has 5 nitrogen and oxygen atoms in total. The summed E-state index contributed by atoms with van der Waals surface area (Å²) in [6.07, 6.45) is 4.53. The van der Waals surface area contributed by atoms with Crippen LogP contribution >= 0.6 is 11.8 Å². The van der Waals surface area contributed by atoms with Crippen molar-refractivity contribution in [3.63, 3.8) is 0 Å². The Morgan fingerprint density at radius 3 is 2.40 bits per heavy atom. The Bertz CT molecular complexity index is 1090. The molecule has 1 fully saturated rings. The fraction of sp³-hybridized carbons (Fsp3) is 0.333. The number of hydrogen-bond acceptors (Lipinski definition) is 5. The second-order valence-corrected chi connectivity index (χ2v) is 9.10. The number of rotatable bonds is 5. The molecule has 2 aromatic carbocycles. The molecule has 0 spiro atoms. The van der Waals surface area contributed by atoms with Gasteiger partial charge in [0.05, 0.1) is 11.3 Å². The molecule has 30 heavy (non-hydrogen) atoms. The molecular weight excluding hydrogens is 392 g/mol. The predicted octanol–water partition coefficient (Wildman–Crippen LogP) is 5.12. The Labute approximate surface area is 180 Å². The first-order valence-corrected chi connectivity index (χ1v) is 11.2. The molecule has 0 saturated heterocycles. The molecule has 1 N–H and O–H groups in total. The van der Waals surface area contributed by atoms with E-state index >= 15 is 0 Å². The van der Waals surface area contributed by atoms with Crippen molar-refractivity contribution >= 4 is 28.4 Å². The Kier molecular flexibility index (Phi) is 6.01. The van der Waals surface area contributed by atoms with Gasteiger partial charge in [0.25, 0.3) is 0 Å². The highest BCUT2D eigenvalue weighted by molar-refractivity contribution is 8.00. The van der Waals surface area contributed by atoms with Gasteiger partial charge in [0, 0.05) is 16.3 Å². The van der Waals surface area contributed by atoms with Crippen LogP contribution < -0.4 is 5.32 Å². The highest BCUT2D eigenvalue weighted by Gasteiger charge is 2.35. The third-order valence-electron chi connectivity index (χ3n) is 5.64. The molecule has 0 bridgehead atoms. The van der Waals surface area contributed by atoms with Gasteiger partial charge in [-0.1, -0.05) is 85.6 Å². The van der Waals surface area contributed by atoms with Gasteiger partial charge in [-0.3, -0.25) is 4.79 Å². The molecule has 152 valence electrons. The van der Waals surface area contributed by atoms with Crippen LogP contribution in [0.2, 0.25) is 0 Å². The molecule has 0 radical (unpaired) electrons. The standard InChI is InChI=1S/C24H24N4OS/c1-17(22(29)26-24(16-25)14-8-3-9-15-24)30-23-20-13-7-6-12-19(20)21(27-28-23)18-10-4-2-5-11-18/h2,4-7,10-13,17H,3,8-9,14-15H2,1H3,(H,26,29)/t17-/m1/s1. The van der Waals surface area contributed by atoms with E-state index in [0.717, 1.165) is 59.2 Å². The number of benzene rings is 2. The fourth-order valence-electron chi connectivity index (χ4n) is 3.95. The number of nitriles is 1. The first-order chi connectivity index (χ1) is 14.6. The van der Waals surface area contributed by atoms with E-state index < -0.39 is 5.54 Å². The number of aromatic nitrogens is 2. The minimum absolute atomic E-state index is 0.124. The predicted molar refractivity (Wildman–Crippen MR) is 120 cm³/mol. The molecule has 1 aliphatic carbocycles. The summed E-state index contributed by atoms with van der Waals surface area (Å²) in [4.78, 5) is 12.9. The molecule has 1 atom stereocenters. The molecule has 3 aromatic rings. The Morgan fingerprint density at radius 1 is 1.03 bits per heavy atom. The molecule has 0 unspecified atom stereocenters. The van der Waals surface area contributed by atoms with Crippen LogP contribution in [0.3, 0.4) is 0 Å². The quantitative estimate of drug-likeness (QED) is 0.584. The van der Waals surface area contributed by atoms with E-state index in [9.17, 15) is 10.1 Å². The van der Waals surface area contributed by atoms with Crippen molar-refractivity contribution < 1.29 is 4.79 Å². The SMILES string of the molecule is C[C@@H](Sc1nnc(-c2ccccc2)c2ccccc12)C(=O)NC1(C#N)CCCCC1. The average molecular weight is 417 g/mol. The van der Waals surface area contributed by atoms with Crippen LogP contribution in [0, 0.1) is 11.3 Å². The maximum absolute atomic E-state index is 12.9. The number of amides is 1. The Hall–Kier alpha value is -2.91. The van der Waals surface area contributed by atoms with Crippen molar-refractivity contribution in [2.75, 3.05) is 0 Å². The van der Waals surface area contributed by atoms with Crippen LogP contribution in [0.4, 0.5) is 0 Å². The lowest BCUT2D eigenvalue weighted by atomic mass is 9.83. The topological polar surface area (TPSA) is 78.7 Å². The number of fused-ring (bicyclic) bond motifs is 1. The van der Waals surface area contributed by atoms with Crippen LogP contribution in [-0.2, 0) is 4.79 Å². The fourth-order valence-corrected chi connectivity index (χ4v) is 4.85. The van der Waals surface area contributed by atoms with Gasteiger partial charge >= 0.3 is 0 Å². The maximum atomic E-state index is 12.9. The molecule has 1 aliphatic rings. The van der Waals surface area contributed by atoms with Gasteiger partial charge in [-0.15, -0.1) is 10.2 Å². The second-order valence-electron chi connectivity index (χ2n) is 7.77. The summed E-state index contributed by atoms with van der Waals surface area (Å²) < 4.78 is 0. The third kappa shape index (κ3) is 4.17. The van der Waals surface area contributed by atoms with Crippen molar-refractivity contribution in [3.05, 3.63) is 54.6 Å². The summed E-state index contributed by atoms with van der Waals surface area (Å²) in [5.41, 5.74) is 1.12. The maximum Gasteiger partial charge on any atom is 0.234 e. The minimum Gasteiger partial charge on any atom is -0.337 e. The van der Waals surface area contributed by atoms with Gasteiger partial charge in [0.2, 0.25) is 5.91 Å². The number of nitrogens with zero attached hydrogens (tertiary/aromatic N) is 3. The van der Waals surface area contributed by atoms with Crippen molar-refractivity contribution in [1.82, 2.24) is 15.5 Å². The minimum atomic E-state index is -0.727. The van der Waals surface area contributed by atoms with Gasteiger partial charge in [0.15, 0.2) is 0 Å². The lowest BCUT2D eigenvalue weighted by molar-refractivity contribution is -0.121. The number of carbonyl (C=O) groups excluding carboxylic acids is 1. The van der Waals surface area contributed by atoms with Gasteiger partial charge in [-0.25, -0.2) is 0 Å². The first kappa shape index (κ1) is 20.4. The molecule has 1 aromatic heterocycles. The van der Waals surface area contributed by atoms with Gasteiger partial charge < -0.3 is 5.32 Å². The summed E-state index contributed by atoms with van der Waals surface area (Å²) >= 11 is 1.39. The zero-order chi connectivity index (χ0) is 21.0. The number of nitrogens with one attached hydrogen (secondary N) is 1. The van der Waals surface area contributed by atoms with Crippen LogP contribution in [0.15, 0.2) is 59.6 Å². The van der Waals surface area contributed by atoms with Gasteiger partial charge in [0.1, 0.15) is 16.3 Å². The summed E-state index contributed by atoms with van der Waals surface area (Å²) in [6, 6.07) is 20.3. The van der Waals surface area contributed by atoms with E-state index in [4.69, 9.17) is 0 Å². The van der Waals surface area contributed by atoms with Crippen molar-refractivity contribution in [2.45, 2.75) is 54.8 Å². The average Bonchev–Trinajstić information content (AvgIpc) is 2.80. The van der Waals surface area contributed by atoms with E-state index in [-0.39, 0.29) is 11.2 Å². The first-order valence-electron chi connectivity index (χ1n) is 10.3. The monoisotopic (exact) mass is 416 g/mol. The van der Waals surface area contributed by atoms with Crippen LogP contribution in [0.25, 0.3) is 22.0 Å². The molecule has 1 heterocycles. The van der Waals surface area contributed by atoms with Crippen molar-refractivity contribution in [2.24, 2.45) is 0 Å². The second kappa shape index (κ2) is 8.85. The van der Waals surface area contributed by atoms with Gasteiger partial charge in [-0.05, 0) is 19.8 Å². The van der Waals surface area contributed by atoms with E-state index in [1.165, 1.54) is 11.8 Å². The zero-order valence-electron chi connectivity index (χ0n) is 17.0. The largest absolute Gasteiger partial charge is 0.337 e. The molecule has 4 rings (SSSR count). The number of carbonyl (C=O) groups is 1. The molecule has 1 amide bonds. The van der Waals surface area contributed by atoms with Crippen LogP contribution in [-0.4, -0.2) is 26.9 Å². The van der Waals surface area contributed by atoms with Crippen molar-refractivity contribution in [1.29, 1.82) is 5.26 Å². The molecule has 0 aliphatic heterocycles. The lowest BCUT2D eigenvalue weighted by Crippen LogP contribution is -2.50. The highest BCUT2D eigenvalue weighted by atomic mass is 32.2. The molecular formula is C24H24N4OS. The Morgan fingerprint density at radius 2 is 1.70 bits per heavy atom. The van der Waals surface area contributed by atoms with E-state index in [1.807, 2.05) is 61.5 Å².